The second-order valence-electron chi connectivity index (χ2n) is 3.06. The van der Waals surface area contributed by atoms with Gasteiger partial charge >= 0.3 is 0 Å². The van der Waals surface area contributed by atoms with Crippen molar-refractivity contribution in [3.8, 4) is 0 Å². The summed E-state index contributed by atoms with van der Waals surface area (Å²) in [5, 5.41) is 3.29. The van der Waals surface area contributed by atoms with Gasteiger partial charge in [0.15, 0.2) is 0 Å². The lowest BCUT2D eigenvalue weighted by atomic mass is 10.1. The minimum Gasteiger partial charge on any atom is -0.334 e. The second-order valence-corrected chi connectivity index (χ2v) is 3.06. The Morgan fingerprint density at radius 2 is 2.64 bits per heavy atom. The van der Waals surface area contributed by atoms with Gasteiger partial charge in [0.25, 0.3) is 0 Å². The van der Waals surface area contributed by atoms with Gasteiger partial charge in [0.05, 0.1) is 6.33 Å². The standard InChI is InChI=1S/C8H13N3/c1-9-7-2-3-11-6-10-5-8(11)4-7/h5-7,9H,2-4H2,1H3. The molecule has 3 nitrogen and oxygen atoms in total. The van der Waals surface area contributed by atoms with E-state index in [0.29, 0.717) is 6.04 Å². The topological polar surface area (TPSA) is 29.9 Å². The quantitative estimate of drug-likeness (QED) is 0.630. The fraction of sp³-hybridized carbons (Fsp3) is 0.625. The Hall–Kier alpha value is -0.830. The summed E-state index contributed by atoms with van der Waals surface area (Å²) in [4.78, 5) is 4.11. The molecule has 0 aliphatic carbocycles. The first-order valence-corrected chi connectivity index (χ1v) is 4.06. The molecular formula is C8H13N3. The van der Waals surface area contributed by atoms with Crippen molar-refractivity contribution in [2.75, 3.05) is 7.05 Å². The van der Waals surface area contributed by atoms with Gasteiger partial charge in [-0.1, -0.05) is 0 Å². The van der Waals surface area contributed by atoms with Crippen molar-refractivity contribution in [2.45, 2.75) is 25.4 Å². The molecule has 0 fully saturated rings. The highest BCUT2D eigenvalue weighted by Crippen LogP contribution is 2.13. The van der Waals surface area contributed by atoms with Crippen LogP contribution in [-0.4, -0.2) is 22.6 Å². The van der Waals surface area contributed by atoms with Gasteiger partial charge in [-0.2, -0.15) is 0 Å². The molecule has 2 rings (SSSR count). The van der Waals surface area contributed by atoms with Crippen LogP contribution in [0.25, 0.3) is 0 Å². The highest BCUT2D eigenvalue weighted by atomic mass is 15.1. The van der Waals surface area contributed by atoms with Crippen molar-refractivity contribution in [3.05, 3.63) is 18.2 Å². The van der Waals surface area contributed by atoms with Crippen LogP contribution in [0.4, 0.5) is 0 Å². The lowest BCUT2D eigenvalue weighted by Crippen LogP contribution is -2.33. The van der Waals surface area contributed by atoms with E-state index < -0.39 is 0 Å². The predicted molar refractivity (Wildman–Crippen MR) is 43.4 cm³/mol. The van der Waals surface area contributed by atoms with Crippen molar-refractivity contribution >= 4 is 0 Å². The van der Waals surface area contributed by atoms with Gasteiger partial charge in [0.2, 0.25) is 0 Å². The fourth-order valence-corrected chi connectivity index (χ4v) is 1.62. The molecule has 1 aromatic rings. The molecule has 1 aliphatic heterocycles. The highest BCUT2D eigenvalue weighted by Gasteiger charge is 2.15. The minimum absolute atomic E-state index is 0.652. The third-order valence-electron chi connectivity index (χ3n) is 2.38. The third kappa shape index (κ3) is 1.16. The van der Waals surface area contributed by atoms with E-state index in [4.69, 9.17) is 0 Å². The Labute approximate surface area is 66.4 Å². The lowest BCUT2D eigenvalue weighted by Gasteiger charge is -2.22. The van der Waals surface area contributed by atoms with Crippen molar-refractivity contribution in [3.63, 3.8) is 0 Å². The summed E-state index contributed by atoms with van der Waals surface area (Å²) in [5.74, 6) is 0. The number of hydrogen-bond acceptors (Lipinski definition) is 2. The smallest absolute Gasteiger partial charge is 0.0948 e. The number of likely N-dealkylation sites (N-methyl/N-ethyl adjacent to an activating group) is 1. The minimum atomic E-state index is 0.652. The fourth-order valence-electron chi connectivity index (χ4n) is 1.62. The Morgan fingerprint density at radius 1 is 1.73 bits per heavy atom. The molecular weight excluding hydrogens is 138 g/mol. The molecule has 1 aromatic heterocycles. The molecule has 1 unspecified atom stereocenters. The van der Waals surface area contributed by atoms with E-state index in [9.17, 15) is 0 Å². The van der Waals surface area contributed by atoms with Gasteiger partial charge < -0.3 is 9.88 Å². The van der Waals surface area contributed by atoms with Gasteiger partial charge in [0, 0.05) is 30.9 Å². The van der Waals surface area contributed by atoms with Gasteiger partial charge in [-0.05, 0) is 13.5 Å². The Morgan fingerprint density at radius 3 is 3.45 bits per heavy atom. The SMILES string of the molecule is CNC1CCn2cncc2C1. The Balaban J connectivity index is 2.18. The number of fused-ring (bicyclic) bond motifs is 1. The zero-order valence-electron chi connectivity index (χ0n) is 6.75. The number of aryl methyl sites for hydroxylation is 1. The molecule has 0 saturated heterocycles. The summed E-state index contributed by atoms with van der Waals surface area (Å²) in [7, 11) is 2.02. The molecule has 0 radical (unpaired) electrons. The molecule has 60 valence electrons. The number of rotatable bonds is 1. The van der Waals surface area contributed by atoms with Gasteiger partial charge in [-0.3, -0.25) is 0 Å². The van der Waals surface area contributed by atoms with Crippen LogP contribution < -0.4 is 5.32 Å². The molecule has 0 aromatic carbocycles. The first-order chi connectivity index (χ1) is 5.40. The number of imidazole rings is 1. The zero-order valence-corrected chi connectivity index (χ0v) is 6.75. The lowest BCUT2D eigenvalue weighted by molar-refractivity contribution is 0.422. The van der Waals surface area contributed by atoms with Crippen molar-refractivity contribution in [1.29, 1.82) is 0 Å². The summed E-state index contributed by atoms with van der Waals surface area (Å²) in [6.07, 6.45) is 6.22. The third-order valence-corrected chi connectivity index (χ3v) is 2.38. The molecule has 2 heterocycles. The summed E-state index contributed by atoms with van der Waals surface area (Å²) >= 11 is 0. The molecule has 0 bridgehead atoms. The number of nitrogens with zero attached hydrogens (tertiary/aromatic N) is 2. The van der Waals surface area contributed by atoms with Crippen LogP contribution in [0.15, 0.2) is 12.5 Å². The molecule has 11 heavy (non-hydrogen) atoms. The molecule has 0 spiro atoms. The second kappa shape index (κ2) is 2.66. The van der Waals surface area contributed by atoms with Crippen LogP contribution in [0.1, 0.15) is 12.1 Å². The van der Waals surface area contributed by atoms with Gasteiger partial charge in [-0.15, -0.1) is 0 Å². The summed E-state index contributed by atoms with van der Waals surface area (Å²) in [5.41, 5.74) is 1.36. The van der Waals surface area contributed by atoms with Gasteiger partial charge in [-0.25, -0.2) is 4.98 Å². The summed E-state index contributed by atoms with van der Waals surface area (Å²) < 4.78 is 2.23. The monoisotopic (exact) mass is 151 g/mol. The maximum absolute atomic E-state index is 4.11. The van der Waals surface area contributed by atoms with Crippen LogP contribution in [0, 0.1) is 0 Å². The van der Waals surface area contributed by atoms with E-state index >= 15 is 0 Å². The molecule has 1 aliphatic rings. The van der Waals surface area contributed by atoms with Crippen LogP contribution in [0.5, 0.6) is 0 Å². The van der Waals surface area contributed by atoms with E-state index in [0.717, 1.165) is 13.0 Å². The van der Waals surface area contributed by atoms with Crippen LogP contribution in [0.3, 0.4) is 0 Å². The summed E-state index contributed by atoms with van der Waals surface area (Å²) in [6.45, 7) is 1.11. The van der Waals surface area contributed by atoms with E-state index in [1.54, 1.807) is 0 Å². The predicted octanol–water partition coefficient (Wildman–Crippen LogP) is 0.417. The van der Waals surface area contributed by atoms with E-state index in [1.165, 1.54) is 12.1 Å². The Kier molecular flexibility index (Phi) is 1.66. The zero-order chi connectivity index (χ0) is 7.68. The number of nitrogens with one attached hydrogen (secondary N) is 1. The van der Waals surface area contributed by atoms with Crippen LogP contribution >= 0.6 is 0 Å². The maximum Gasteiger partial charge on any atom is 0.0948 e. The molecule has 1 N–H and O–H groups in total. The van der Waals surface area contributed by atoms with Gasteiger partial charge in [0.1, 0.15) is 0 Å². The van der Waals surface area contributed by atoms with Crippen molar-refractivity contribution in [1.82, 2.24) is 14.9 Å². The van der Waals surface area contributed by atoms with E-state index in [2.05, 4.69) is 14.9 Å². The van der Waals surface area contributed by atoms with Crippen LogP contribution in [0.2, 0.25) is 0 Å². The maximum atomic E-state index is 4.11. The highest BCUT2D eigenvalue weighted by molar-refractivity contribution is 5.04. The van der Waals surface area contributed by atoms with E-state index in [1.807, 2.05) is 19.6 Å². The average molecular weight is 151 g/mol. The van der Waals surface area contributed by atoms with E-state index in [-0.39, 0.29) is 0 Å². The first-order valence-electron chi connectivity index (χ1n) is 4.06. The molecule has 0 amide bonds. The largest absolute Gasteiger partial charge is 0.334 e. The molecule has 0 saturated carbocycles. The summed E-state index contributed by atoms with van der Waals surface area (Å²) in [6, 6.07) is 0.652. The van der Waals surface area contributed by atoms with Crippen molar-refractivity contribution in [2.24, 2.45) is 0 Å². The normalized spacial score (nSPS) is 23.2. The van der Waals surface area contributed by atoms with Crippen LogP contribution in [-0.2, 0) is 13.0 Å². The molecule has 1 atom stereocenters. The average Bonchev–Trinajstić information content (AvgIpc) is 2.50. The first kappa shape index (κ1) is 6.85. The van der Waals surface area contributed by atoms with Crippen molar-refractivity contribution < 1.29 is 0 Å². The number of aromatic nitrogens is 2. The molecule has 3 heteroatoms. The number of hydrogen-bond donors (Lipinski definition) is 1. The Bertz CT molecular complexity index is 241.